The van der Waals surface area contributed by atoms with E-state index in [1.807, 2.05) is 0 Å². The topological polar surface area (TPSA) is 66.7 Å². The van der Waals surface area contributed by atoms with Crippen LogP contribution in [-0.2, 0) is 10.5 Å². The highest BCUT2D eigenvalue weighted by Gasteiger charge is 1.64. The third-order valence-electron chi connectivity index (χ3n) is 0.163. The zero-order valence-corrected chi connectivity index (χ0v) is 5.06. The summed E-state index contributed by atoms with van der Waals surface area (Å²) in [4.78, 5) is 7.82. The predicted molar refractivity (Wildman–Crippen MR) is 22.1 cm³/mol. The van der Waals surface area contributed by atoms with Gasteiger partial charge < -0.3 is 4.80 Å². The Bertz CT molecular complexity index is 125. The molecule has 1 N–H and O–H groups in total. The van der Waals surface area contributed by atoms with Crippen molar-refractivity contribution >= 4 is 20.4 Å². The minimum Gasteiger partial charge on any atom is -0.418 e. The molecule has 0 aliphatic rings. The lowest BCUT2D eigenvalue weighted by molar-refractivity contribution is 0.600. The van der Waals surface area contributed by atoms with Crippen molar-refractivity contribution in [3.63, 3.8) is 0 Å². The Morgan fingerprint density at radius 1 is 1.67 bits per heavy atom. The summed E-state index contributed by atoms with van der Waals surface area (Å²) in [5, 5.41) is 0. The number of hydrogen-bond donors (Lipinski definition) is 1. The molecule has 0 radical (unpaired) electrons. The van der Waals surface area contributed by atoms with Gasteiger partial charge in [0.2, 0.25) is 0 Å². The second kappa shape index (κ2) is 3.01. The molecule has 0 unspecified atom stereocenters. The summed E-state index contributed by atoms with van der Waals surface area (Å²) in [6.07, 6.45) is 0. The van der Waals surface area contributed by atoms with Crippen molar-refractivity contribution in [2.24, 2.45) is 4.03 Å². The van der Waals surface area contributed by atoms with Crippen molar-refractivity contribution < 1.29 is 13.2 Å². The van der Waals surface area contributed by atoms with Crippen molar-refractivity contribution in [2.45, 2.75) is 0 Å². The van der Waals surface area contributed by atoms with Crippen molar-refractivity contribution in [3.8, 4) is 0 Å². The van der Waals surface area contributed by atoms with E-state index in [0.29, 0.717) is 0 Å². The van der Waals surface area contributed by atoms with Crippen LogP contribution in [-0.4, -0.2) is 23.1 Å². The van der Waals surface area contributed by atoms with Crippen LogP contribution in [0, 0.1) is 0 Å². The zero-order valence-electron chi connectivity index (χ0n) is 2.83. The van der Waals surface area contributed by atoms with Gasteiger partial charge in [-0.15, -0.1) is 0 Å². The highest BCUT2D eigenvalue weighted by atomic mass is 32.2. The second-order valence-electron chi connectivity index (χ2n) is 0.488. The molecule has 6 heteroatoms. The third kappa shape index (κ3) is 3.80. The van der Waals surface area contributed by atoms with E-state index in [0.717, 1.165) is 0 Å². The second-order valence-corrected chi connectivity index (χ2v) is 2.24. The smallest absolute Gasteiger partial charge is 0.305 e. The summed E-state index contributed by atoms with van der Waals surface area (Å²) in [5.74, 6) is 0. The molecule has 0 aliphatic carbocycles. The summed E-state index contributed by atoms with van der Waals surface area (Å²) < 4.78 is 21.4. The largest absolute Gasteiger partial charge is 0.418 e. The van der Waals surface area contributed by atoms with Crippen LogP contribution >= 0.6 is 0 Å². The molecule has 0 atom stereocenters. The summed E-state index contributed by atoms with van der Waals surface area (Å²) in [6.45, 7) is 0. The van der Waals surface area contributed by atoms with E-state index >= 15 is 0 Å². The fraction of sp³-hybridized carbons (Fsp3) is 0. The van der Waals surface area contributed by atoms with Crippen LogP contribution in [0.15, 0.2) is 4.03 Å². The van der Waals surface area contributed by atoms with Crippen LogP contribution in [0.25, 0.3) is 0 Å². The van der Waals surface area contributed by atoms with Crippen LogP contribution in [0.5, 0.6) is 0 Å². The number of nitrogens with zero attached hydrogens (tertiary/aromatic N) is 1. The Kier molecular flexibility index (Phi) is 2.90. The molecule has 0 bridgehead atoms. The summed E-state index contributed by atoms with van der Waals surface area (Å²) in [5.41, 5.74) is 0. The van der Waals surface area contributed by atoms with Gasteiger partial charge in [0.05, 0.1) is 0 Å². The molecule has 4 nitrogen and oxygen atoms in total. The highest BCUT2D eigenvalue weighted by Crippen LogP contribution is 1.49. The maximum atomic E-state index is 9.31. The first kappa shape index (κ1) is 5.80. The Balaban J connectivity index is 3.78. The van der Waals surface area contributed by atoms with Gasteiger partial charge in [-0.25, -0.2) is 0 Å². The zero-order chi connectivity index (χ0) is 4.99. The Hall–Kier alpha value is -0.203. The third-order valence-corrected chi connectivity index (χ3v) is 1.47. The Morgan fingerprint density at radius 2 is 2.17 bits per heavy atom. The molecule has 0 rings (SSSR count). The molecule has 6 heavy (non-hydrogen) atoms. The van der Waals surface area contributed by atoms with E-state index < -0.39 is 20.4 Å². The van der Waals surface area contributed by atoms with Gasteiger partial charge in [0.25, 0.3) is 0 Å². The first-order chi connectivity index (χ1) is 2.77. The van der Waals surface area contributed by atoms with Gasteiger partial charge in [0.1, 0.15) is 0 Å². The average molecular weight is 125 g/mol. The van der Waals surface area contributed by atoms with Crippen LogP contribution in [0.2, 0.25) is 0 Å². The molecule has 0 amide bonds. The highest BCUT2D eigenvalue weighted by molar-refractivity contribution is 7.62. The van der Waals surface area contributed by atoms with Crippen LogP contribution in [0.4, 0.5) is 0 Å². The minimum atomic E-state index is -2.38. The van der Waals surface area contributed by atoms with E-state index in [4.69, 9.17) is 4.80 Å². The molecule has 36 valence electrons. The van der Waals surface area contributed by atoms with E-state index in [2.05, 4.69) is 4.03 Å². The normalized spacial score (nSPS) is 9.50. The summed E-state index contributed by atoms with van der Waals surface area (Å²) >= 11 is 0. The van der Waals surface area contributed by atoms with E-state index in [1.165, 1.54) is 0 Å². The van der Waals surface area contributed by atoms with Crippen molar-refractivity contribution in [2.75, 3.05) is 0 Å². The quantitative estimate of drug-likeness (QED) is 0.414. The Labute approximate surface area is 38.5 Å². The first-order valence-electron chi connectivity index (χ1n) is 1.15. The van der Waals surface area contributed by atoms with E-state index in [9.17, 15) is 8.42 Å². The molecule has 0 fully saturated rings. The maximum Gasteiger partial charge on any atom is 0.305 e. The molecule has 0 saturated heterocycles. The van der Waals surface area contributed by atoms with Crippen molar-refractivity contribution in [3.05, 3.63) is 0 Å². The van der Waals surface area contributed by atoms with Crippen LogP contribution in [0.1, 0.15) is 0 Å². The molecule has 0 spiro atoms. The lowest BCUT2D eigenvalue weighted by Gasteiger charge is -1.58. The van der Waals surface area contributed by atoms with E-state index in [1.54, 1.807) is 0 Å². The molecule has 0 aliphatic heterocycles. The summed E-state index contributed by atoms with van der Waals surface area (Å²) in [7, 11) is -4.00. The van der Waals surface area contributed by atoms with Gasteiger partial charge in [-0.1, -0.05) is 0 Å². The average Bonchev–Trinajstić information content (AvgIpc) is 1.35. The number of hydrogen-bond acceptors (Lipinski definition) is 4. The molecule has 0 aromatic rings. The monoisotopic (exact) mass is 125 g/mol. The maximum absolute atomic E-state index is 9.31. The van der Waals surface area contributed by atoms with E-state index in [-0.39, 0.29) is 0 Å². The van der Waals surface area contributed by atoms with Crippen LogP contribution < -0.4 is 0 Å². The Morgan fingerprint density at radius 3 is 2.17 bits per heavy atom. The standard InChI is InChI=1S/H3NO3SSi/c2-5(3)1-6-4/h4H,6H2. The minimum absolute atomic E-state index is 1.62. The van der Waals surface area contributed by atoms with Gasteiger partial charge in [0, 0.05) is 0 Å². The molecule has 0 aromatic heterocycles. The van der Waals surface area contributed by atoms with Crippen molar-refractivity contribution in [1.82, 2.24) is 0 Å². The first-order valence-corrected chi connectivity index (χ1v) is 3.45. The SMILES string of the molecule is O=S(=O)=N[SiH2]O. The molecular weight excluding hydrogens is 122 g/mol. The van der Waals surface area contributed by atoms with Gasteiger partial charge in [-0.3, -0.25) is 0 Å². The van der Waals surface area contributed by atoms with Gasteiger partial charge in [-0.2, -0.15) is 12.4 Å². The fourth-order valence-corrected chi connectivity index (χ4v) is 0.424. The fourth-order valence-electron chi connectivity index (χ4n) is 0.0471. The number of rotatable bonds is 1. The lowest BCUT2D eigenvalue weighted by Crippen LogP contribution is -1.75. The van der Waals surface area contributed by atoms with Crippen molar-refractivity contribution in [1.29, 1.82) is 0 Å². The van der Waals surface area contributed by atoms with Gasteiger partial charge in [-0.05, 0) is 0 Å². The summed E-state index contributed by atoms with van der Waals surface area (Å²) in [6, 6.07) is 0. The van der Waals surface area contributed by atoms with Crippen LogP contribution in [0.3, 0.4) is 0 Å². The molecular formula is H3NO3SSi. The molecule has 0 saturated carbocycles. The lowest BCUT2D eigenvalue weighted by atomic mass is 13.9. The van der Waals surface area contributed by atoms with Gasteiger partial charge in [0.15, 0.2) is 0 Å². The molecule has 0 aromatic carbocycles. The predicted octanol–water partition coefficient (Wildman–Crippen LogP) is -1.96. The molecule has 0 heterocycles. The van der Waals surface area contributed by atoms with Gasteiger partial charge >= 0.3 is 20.4 Å².